The van der Waals surface area contributed by atoms with E-state index in [1.807, 2.05) is 7.05 Å². The predicted molar refractivity (Wildman–Crippen MR) is 65.8 cm³/mol. The van der Waals surface area contributed by atoms with Crippen LogP contribution in [0.5, 0.6) is 0 Å². The highest BCUT2D eigenvalue weighted by atomic mass is 32.2. The fraction of sp³-hybridized carbons (Fsp3) is 0.818. The van der Waals surface area contributed by atoms with Gasteiger partial charge >= 0.3 is 0 Å². The summed E-state index contributed by atoms with van der Waals surface area (Å²) in [6, 6.07) is 0.708. The van der Waals surface area contributed by atoms with Crippen molar-refractivity contribution in [3.8, 4) is 0 Å². The van der Waals surface area contributed by atoms with Crippen molar-refractivity contribution in [3.05, 3.63) is 11.5 Å². The minimum atomic E-state index is 0.708. The first kappa shape index (κ1) is 12.1. The first-order chi connectivity index (χ1) is 6.88. The Hall–Kier alpha value is 0.01000. The van der Waals surface area contributed by atoms with Gasteiger partial charge in [-0.1, -0.05) is 6.08 Å². The first-order valence-electron chi connectivity index (χ1n) is 5.46. The average molecular weight is 214 g/mol. The molecule has 0 aliphatic carbocycles. The maximum atomic E-state index is 3.20. The Morgan fingerprint density at radius 3 is 3.14 bits per heavy atom. The van der Waals surface area contributed by atoms with Crippen LogP contribution in [0, 0.1) is 0 Å². The Morgan fingerprint density at radius 1 is 1.57 bits per heavy atom. The molecule has 1 aliphatic rings. The smallest absolute Gasteiger partial charge is 0.0286 e. The van der Waals surface area contributed by atoms with E-state index in [9.17, 15) is 0 Å². The second kappa shape index (κ2) is 7.32. The minimum Gasteiger partial charge on any atom is -0.320 e. The fourth-order valence-electron chi connectivity index (χ4n) is 1.98. The molecule has 0 bridgehead atoms. The maximum Gasteiger partial charge on any atom is 0.0286 e. The van der Waals surface area contributed by atoms with Gasteiger partial charge in [0.25, 0.3) is 0 Å². The van der Waals surface area contributed by atoms with Crippen LogP contribution in [0.1, 0.15) is 19.3 Å². The molecule has 1 N–H and O–H groups in total. The SMILES string of the molecule is CNCCCN1CCCC1/C=C/SC. The molecule has 3 heteroatoms. The summed E-state index contributed by atoms with van der Waals surface area (Å²) in [4.78, 5) is 2.60. The second-order valence-electron chi connectivity index (χ2n) is 3.77. The third-order valence-corrected chi connectivity index (χ3v) is 3.15. The van der Waals surface area contributed by atoms with Crippen molar-refractivity contribution in [3.63, 3.8) is 0 Å². The summed E-state index contributed by atoms with van der Waals surface area (Å²) in [5, 5.41) is 5.42. The summed E-state index contributed by atoms with van der Waals surface area (Å²) in [5.74, 6) is 0. The van der Waals surface area contributed by atoms with E-state index in [0.717, 1.165) is 6.54 Å². The summed E-state index contributed by atoms with van der Waals surface area (Å²) in [6.45, 7) is 3.66. The molecule has 14 heavy (non-hydrogen) atoms. The van der Waals surface area contributed by atoms with Gasteiger partial charge in [0, 0.05) is 6.04 Å². The number of nitrogens with zero attached hydrogens (tertiary/aromatic N) is 1. The van der Waals surface area contributed by atoms with Gasteiger partial charge in [-0.2, -0.15) is 0 Å². The van der Waals surface area contributed by atoms with Crippen molar-refractivity contribution in [2.45, 2.75) is 25.3 Å². The molecule has 0 amide bonds. The van der Waals surface area contributed by atoms with E-state index in [1.54, 1.807) is 11.8 Å². The summed E-state index contributed by atoms with van der Waals surface area (Å²) >= 11 is 1.80. The predicted octanol–water partition coefficient (Wildman–Crippen LogP) is 1.94. The van der Waals surface area contributed by atoms with Crippen molar-refractivity contribution < 1.29 is 0 Å². The molecule has 2 nitrogen and oxygen atoms in total. The molecule has 1 rings (SSSR count). The molecule has 1 unspecified atom stereocenters. The normalized spacial score (nSPS) is 23.7. The average Bonchev–Trinajstić information content (AvgIpc) is 2.63. The number of likely N-dealkylation sites (tertiary alicyclic amines) is 1. The van der Waals surface area contributed by atoms with E-state index in [4.69, 9.17) is 0 Å². The van der Waals surface area contributed by atoms with Crippen molar-refractivity contribution in [2.24, 2.45) is 0 Å². The highest BCUT2D eigenvalue weighted by Gasteiger charge is 2.20. The molecule has 1 saturated heterocycles. The van der Waals surface area contributed by atoms with Crippen molar-refractivity contribution >= 4 is 11.8 Å². The molecule has 1 atom stereocenters. The Morgan fingerprint density at radius 2 is 2.43 bits per heavy atom. The lowest BCUT2D eigenvalue weighted by Gasteiger charge is -2.21. The first-order valence-corrected chi connectivity index (χ1v) is 6.75. The summed E-state index contributed by atoms with van der Waals surface area (Å²) in [5.41, 5.74) is 0. The lowest BCUT2D eigenvalue weighted by Crippen LogP contribution is -2.30. The van der Waals surface area contributed by atoms with Crippen LogP contribution in [0.3, 0.4) is 0 Å². The molecule has 1 aliphatic heterocycles. The van der Waals surface area contributed by atoms with E-state index in [-0.39, 0.29) is 0 Å². The van der Waals surface area contributed by atoms with E-state index in [0.29, 0.717) is 6.04 Å². The third-order valence-electron chi connectivity index (χ3n) is 2.72. The lowest BCUT2D eigenvalue weighted by atomic mass is 10.2. The van der Waals surface area contributed by atoms with Gasteiger partial charge in [-0.3, -0.25) is 4.90 Å². The number of nitrogens with one attached hydrogen (secondary N) is 1. The van der Waals surface area contributed by atoms with Crippen LogP contribution in [-0.4, -0.2) is 43.9 Å². The molecule has 0 spiro atoms. The van der Waals surface area contributed by atoms with Crippen molar-refractivity contribution in [1.82, 2.24) is 10.2 Å². The molecule has 82 valence electrons. The van der Waals surface area contributed by atoms with E-state index >= 15 is 0 Å². The third kappa shape index (κ3) is 4.03. The van der Waals surface area contributed by atoms with Gasteiger partial charge in [-0.05, 0) is 57.6 Å². The van der Waals surface area contributed by atoms with Crippen molar-refractivity contribution in [1.29, 1.82) is 0 Å². The van der Waals surface area contributed by atoms with E-state index in [2.05, 4.69) is 28.0 Å². The minimum absolute atomic E-state index is 0.708. The highest BCUT2D eigenvalue weighted by Crippen LogP contribution is 2.19. The molecular formula is C11H22N2S. The number of hydrogen-bond donors (Lipinski definition) is 1. The van der Waals surface area contributed by atoms with Gasteiger partial charge in [-0.15, -0.1) is 11.8 Å². The van der Waals surface area contributed by atoms with Crippen LogP contribution in [0.15, 0.2) is 11.5 Å². The Balaban J connectivity index is 2.24. The molecule has 1 fully saturated rings. The Bertz CT molecular complexity index is 171. The Kier molecular flexibility index (Phi) is 6.32. The van der Waals surface area contributed by atoms with Crippen LogP contribution in [0.4, 0.5) is 0 Å². The molecule has 1 heterocycles. The van der Waals surface area contributed by atoms with Gasteiger partial charge in [0.05, 0.1) is 0 Å². The van der Waals surface area contributed by atoms with Crippen molar-refractivity contribution in [2.75, 3.05) is 32.9 Å². The zero-order chi connectivity index (χ0) is 10.2. The van der Waals surface area contributed by atoms with Gasteiger partial charge in [0.15, 0.2) is 0 Å². The largest absolute Gasteiger partial charge is 0.320 e. The van der Waals surface area contributed by atoms with Gasteiger partial charge in [0.1, 0.15) is 0 Å². The maximum absolute atomic E-state index is 3.20. The molecule has 0 aromatic rings. The lowest BCUT2D eigenvalue weighted by molar-refractivity contribution is 0.286. The van der Waals surface area contributed by atoms with Crippen LogP contribution in [0.25, 0.3) is 0 Å². The monoisotopic (exact) mass is 214 g/mol. The van der Waals surface area contributed by atoms with E-state index in [1.165, 1.54) is 32.4 Å². The van der Waals surface area contributed by atoms with Gasteiger partial charge in [-0.25, -0.2) is 0 Å². The summed E-state index contributed by atoms with van der Waals surface area (Å²) in [6.07, 6.45) is 8.45. The summed E-state index contributed by atoms with van der Waals surface area (Å²) < 4.78 is 0. The quantitative estimate of drug-likeness (QED) is 0.680. The van der Waals surface area contributed by atoms with Crippen LogP contribution >= 0.6 is 11.8 Å². The topological polar surface area (TPSA) is 15.3 Å². The van der Waals surface area contributed by atoms with Crippen LogP contribution in [-0.2, 0) is 0 Å². The number of hydrogen-bond acceptors (Lipinski definition) is 3. The standard InChI is InChI=1S/C11H22N2S/c1-12-7-4-9-13-8-3-5-11(13)6-10-14-2/h6,10-12H,3-5,7-9H2,1-2H3/b10-6+. The van der Waals surface area contributed by atoms with Crippen LogP contribution in [0.2, 0.25) is 0 Å². The second-order valence-corrected chi connectivity index (χ2v) is 4.51. The van der Waals surface area contributed by atoms with Gasteiger partial charge < -0.3 is 5.32 Å². The van der Waals surface area contributed by atoms with Crippen LogP contribution < -0.4 is 5.32 Å². The molecular weight excluding hydrogens is 192 g/mol. The van der Waals surface area contributed by atoms with E-state index < -0.39 is 0 Å². The zero-order valence-electron chi connectivity index (χ0n) is 9.33. The van der Waals surface area contributed by atoms with Gasteiger partial charge in [0.2, 0.25) is 0 Å². The molecule has 0 aromatic carbocycles. The number of rotatable bonds is 6. The molecule has 0 aromatic heterocycles. The Labute approximate surface area is 92.1 Å². The highest BCUT2D eigenvalue weighted by molar-refractivity contribution is 8.01. The summed E-state index contributed by atoms with van der Waals surface area (Å²) in [7, 11) is 2.02. The molecule has 0 saturated carbocycles. The zero-order valence-corrected chi connectivity index (χ0v) is 10.1. The fourth-order valence-corrected chi connectivity index (χ4v) is 2.31. The number of thioether (sulfide) groups is 1. The molecule has 0 radical (unpaired) electrons.